The highest BCUT2D eigenvalue weighted by molar-refractivity contribution is 5.92. The van der Waals surface area contributed by atoms with E-state index in [1.165, 1.54) is 12.3 Å². The van der Waals surface area contributed by atoms with Crippen LogP contribution in [0.3, 0.4) is 0 Å². The lowest BCUT2D eigenvalue weighted by molar-refractivity contribution is -0.138. The second kappa shape index (κ2) is 5.55. The van der Waals surface area contributed by atoms with E-state index in [-0.39, 0.29) is 17.6 Å². The third-order valence-electron chi connectivity index (χ3n) is 3.83. The standard InChI is InChI=1S/C16H15N3O3/c1-9-17-7-6-13(18-9)15(20)19-14-8-12(16(21)22)10-4-2-3-5-11(10)14/h2-7,12,14H,8H2,1H3,(H,19,20)(H,21,22)/t12-,14+/m0/s1. The summed E-state index contributed by atoms with van der Waals surface area (Å²) >= 11 is 0. The summed E-state index contributed by atoms with van der Waals surface area (Å²) in [6.07, 6.45) is 1.88. The molecule has 112 valence electrons. The van der Waals surface area contributed by atoms with Gasteiger partial charge in [0.05, 0.1) is 12.0 Å². The van der Waals surface area contributed by atoms with Crippen LogP contribution >= 0.6 is 0 Å². The number of carboxylic acid groups (broad SMARTS) is 1. The summed E-state index contributed by atoms with van der Waals surface area (Å²) in [4.78, 5) is 31.7. The lowest BCUT2D eigenvalue weighted by Gasteiger charge is -2.13. The predicted molar refractivity (Wildman–Crippen MR) is 78.4 cm³/mol. The van der Waals surface area contributed by atoms with E-state index in [2.05, 4.69) is 15.3 Å². The molecule has 0 saturated carbocycles. The van der Waals surface area contributed by atoms with Crippen molar-refractivity contribution in [3.05, 3.63) is 59.2 Å². The first-order valence-corrected chi connectivity index (χ1v) is 6.98. The summed E-state index contributed by atoms with van der Waals surface area (Å²) in [5.74, 6) is -1.27. The number of hydrogen-bond donors (Lipinski definition) is 2. The van der Waals surface area contributed by atoms with Gasteiger partial charge in [0.1, 0.15) is 11.5 Å². The highest BCUT2D eigenvalue weighted by Gasteiger charge is 2.36. The van der Waals surface area contributed by atoms with Gasteiger partial charge in [0.2, 0.25) is 0 Å². The molecule has 2 N–H and O–H groups in total. The number of carboxylic acids is 1. The first-order chi connectivity index (χ1) is 10.6. The number of rotatable bonds is 3. The van der Waals surface area contributed by atoms with Gasteiger partial charge in [-0.05, 0) is 30.5 Å². The van der Waals surface area contributed by atoms with Gasteiger partial charge in [-0.25, -0.2) is 9.97 Å². The molecular formula is C16H15N3O3. The zero-order chi connectivity index (χ0) is 15.7. The highest BCUT2D eigenvalue weighted by Crippen LogP contribution is 2.40. The number of nitrogens with one attached hydrogen (secondary N) is 1. The van der Waals surface area contributed by atoms with E-state index in [9.17, 15) is 14.7 Å². The first-order valence-electron chi connectivity index (χ1n) is 6.98. The number of aliphatic carboxylic acids is 1. The molecule has 1 aromatic carbocycles. The molecule has 0 bridgehead atoms. The van der Waals surface area contributed by atoms with E-state index in [4.69, 9.17) is 0 Å². The second-order valence-electron chi connectivity index (χ2n) is 5.27. The Morgan fingerprint density at radius 3 is 2.64 bits per heavy atom. The Hall–Kier alpha value is -2.76. The zero-order valence-corrected chi connectivity index (χ0v) is 12.0. The molecule has 2 aromatic rings. The number of aryl methyl sites for hydroxylation is 1. The number of hydrogen-bond acceptors (Lipinski definition) is 4. The maximum absolute atomic E-state index is 12.3. The fourth-order valence-corrected chi connectivity index (χ4v) is 2.82. The van der Waals surface area contributed by atoms with E-state index in [0.29, 0.717) is 12.2 Å². The van der Waals surface area contributed by atoms with Crippen molar-refractivity contribution in [2.24, 2.45) is 0 Å². The monoisotopic (exact) mass is 297 g/mol. The fraction of sp³-hybridized carbons (Fsp3) is 0.250. The minimum absolute atomic E-state index is 0.281. The van der Waals surface area contributed by atoms with E-state index in [1.807, 2.05) is 18.2 Å². The molecule has 2 atom stereocenters. The number of fused-ring (bicyclic) bond motifs is 1. The average Bonchev–Trinajstić information content (AvgIpc) is 2.86. The largest absolute Gasteiger partial charge is 0.481 e. The van der Waals surface area contributed by atoms with Crippen LogP contribution in [-0.2, 0) is 4.79 Å². The Bertz CT molecular complexity index is 745. The molecule has 0 fully saturated rings. The Balaban J connectivity index is 1.85. The van der Waals surface area contributed by atoms with Crippen molar-refractivity contribution in [2.45, 2.75) is 25.3 Å². The van der Waals surface area contributed by atoms with Crippen LogP contribution in [0, 0.1) is 6.92 Å². The Morgan fingerprint density at radius 1 is 1.23 bits per heavy atom. The van der Waals surface area contributed by atoms with Crippen molar-refractivity contribution >= 4 is 11.9 Å². The third kappa shape index (κ3) is 2.55. The lowest BCUT2D eigenvalue weighted by Crippen LogP contribution is -2.28. The van der Waals surface area contributed by atoms with E-state index < -0.39 is 11.9 Å². The molecule has 0 unspecified atom stereocenters. The highest BCUT2D eigenvalue weighted by atomic mass is 16.4. The number of carbonyl (C=O) groups excluding carboxylic acids is 1. The van der Waals surface area contributed by atoms with Crippen LogP contribution in [-0.4, -0.2) is 27.0 Å². The van der Waals surface area contributed by atoms with Crippen molar-refractivity contribution < 1.29 is 14.7 Å². The van der Waals surface area contributed by atoms with Gasteiger partial charge >= 0.3 is 5.97 Å². The van der Waals surface area contributed by atoms with Crippen LogP contribution < -0.4 is 5.32 Å². The number of nitrogens with zero attached hydrogens (tertiary/aromatic N) is 2. The van der Waals surface area contributed by atoms with Crippen molar-refractivity contribution in [1.82, 2.24) is 15.3 Å². The second-order valence-corrected chi connectivity index (χ2v) is 5.27. The SMILES string of the molecule is Cc1nccc(C(=O)N[C@@H]2C[C@H](C(=O)O)c3ccccc32)n1. The van der Waals surface area contributed by atoms with Gasteiger partial charge in [-0.15, -0.1) is 0 Å². The van der Waals surface area contributed by atoms with E-state index >= 15 is 0 Å². The van der Waals surface area contributed by atoms with Crippen molar-refractivity contribution in [2.75, 3.05) is 0 Å². The number of benzene rings is 1. The van der Waals surface area contributed by atoms with Gasteiger partial charge in [0.25, 0.3) is 5.91 Å². The van der Waals surface area contributed by atoms with Gasteiger partial charge in [0, 0.05) is 6.20 Å². The van der Waals surface area contributed by atoms with Crippen LogP contribution in [0.4, 0.5) is 0 Å². The molecular weight excluding hydrogens is 282 g/mol. The van der Waals surface area contributed by atoms with Gasteiger partial charge in [0.15, 0.2) is 0 Å². The first kappa shape index (κ1) is 14.2. The van der Waals surface area contributed by atoms with Crippen molar-refractivity contribution in [3.63, 3.8) is 0 Å². The zero-order valence-electron chi connectivity index (χ0n) is 12.0. The predicted octanol–water partition coefficient (Wildman–Crippen LogP) is 1.83. The fourth-order valence-electron chi connectivity index (χ4n) is 2.82. The van der Waals surface area contributed by atoms with Crippen LogP contribution in [0.2, 0.25) is 0 Å². The topological polar surface area (TPSA) is 92.2 Å². The number of carbonyl (C=O) groups is 2. The molecule has 1 aliphatic rings. The summed E-state index contributed by atoms with van der Waals surface area (Å²) < 4.78 is 0. The summed E-state index contributed by atoms with van der Waals surface area (Å²) in [6, 6.07) is 8.53. The summed E-state index contributed by atoms with van der Waals surface area (Å²) in [5.41, 5.74) is 1.90. The lowest BCUT2D eigenvalue weighted by atomic mass is 10.0. The molecule has 1 amide bonds. The molecule has 22 heavy (non-hydrogen) atoms. The van der Waals surface area contributed by atoms with Crippen LogP contribution in [0.5, 0.6) is 0 Å². The molecule has 1 aromatic heterocycles. The van der Waals surface area contributed by atoms with Gasteiger partial charge in [-0.3, -0.25) is 9.59 Å². The Labute approximate surface area is 127 Å². The molecule has 1 heterocycles. The van der Waals surface area contributed by atoms with Gasteiger partial charge in [-0.2, -0.15) is 0 Å². The summed E-state index contributed by atoms with van der Waals surface area (Å²) in [5, 5.41) is 12.2. The summed E-state index contributed by atoms with van der Waals surface area (Å²) in [6.45, 7) is 1.71. The Morgan fingerprint density at radius 2 is 1.95 bits per heavy atom. The summed E-state index contributed by atoms with van der Waals surface area (Å²) in [7, 11) is 0. The minimum Gasteiger partial charge on any atom is -0.481 e. The maximum Gasteiger partial charge on any atom is 0.311 e. The van der Waals surface area contributed by atoms with Gasteiger partial charge < -0.3 is 10.4 Å². The maximum atomic E-state index is 12.3. The smallest absolute Gasteiger partial charge is 0.311 e. The van der Waals surface area contributed by atoms with Gasteiger partial charge in [-0.1, -0.05) is 24.3 Å². The molecule has 6 heteroatoms. The van der Waals surface area contributed by atoms with Crippen molar-refractivity contribution in [3.8, 4) is 0 Å². The molecule has 0 aliphatic heterocycles. The van der Waals surface area contributed by atoms with Crippen molar-refractivity contribution in [1.29, 1.82) is 0 Å². The Kier molecular flexibility index (Phi) is 3.58. The van der Waals surface area contributed by atoms with Crippen LogP contribution in [0.15, 0.2) is 36.5 Å². The molecule has 6 nitrogen and oxygen atoms in total. The third-order valence-corrected chi connectivity index (χ3v) is 3.83. The molecule has 1 aliphatic carbocycles. The average molecular weight is 297 g/mol. The number of aromatic nitrogens is 2. The van der Waals surface area contributed by atoms with Crippen LogP contribution in [0.1, 0.15) is 45.8 Å². The molecule has 3 rings (SSSR count). The minimum atomic E-state index is -0.873. The molecule has 0 radical (unpaired) electrons. The molecule has 0 spiro atoms. The molecule has 0 saturated heterocycles. The van der Waals surface area contributed by atoms with Crippen LogP contribution in [0.25, 0.3) is 0 Å². The normalized spacial score (nSPS) is 19.5. The quantitative estimate of drug-likeness (QED) is 0.901. The van der Waals surface area contributed by atoms with E-state index in [1.54, 1.807) is 13.0 Å². The number of amides is 1. The van der Waals surface area contributed by atoms with E-state index in [0.717, 1.165) is 11.1 Å².